The van der Waals surface area contributed by atoms with Gasteiger partial charge < -0.3 is 11.1 Å². The van der Waals surface area contributed by atoms with Crippen molar-refractivity contribution in [3.63, 3.8) is 0 Å². The van der Waals surface area contributed by atoms with E-state index in [1.165, 1.54) is 6.07 Å². The van der Waals surface area contributed by atoms with Crippen LogP contribution < -0.4 is 11.1 Å². The Kier molecular flexibility index (Phi) is 3.55. The van der Waals surface area contributed by atoms with E-state index in [2.05, 4.69) is 15.5 Å². The largest absolute Gasteiger partial charge is 0.435 e. The number of nitrogens with two attached hydrogens (primary N) is 1. The number of hydrogen-bond acceptors (Lipinski definition) is 4. The van der Waals surface area contributed by atoms with E-state index >= 15 is 0 Å². The SMILES string of the molecule is Nc1cccc(CNc2ccc(C(F)(F)F)nn2)c1. The smallest absolute Gasteiger partial charge is 0.399 e. The molecule has 3 N–H and O–H groups in total. The lowest BCUT2D eigenvalue weighted by Gasteiger charge is -2.07. The Morgan fingerprint density at radius 3 is 2.47 bits per heavy atom. The maximum Gasteiger partial charge on any atom is 0.435 e. The average Bonchev–Trinajstić information content (AvgIpc) is 2.36. The molecule has 0 fully saturated rings. The molecule has 1 aromatic heterocycles. The van der Waals surface area contributed by atoms with Crippen LogP contribution in [0.3, 0.4) is 0 Å². The van der Waals surface area contributed by atoms with E-state index in [1.807, 2.05) is 6.07 Å². The number of alkyl halides is 3. The van der Waals surface area contributed by atoms with Crippen molar-refractivity contribution in [1.29, 1.82) is 0 Å². The predicted octanol–water partition coefficient (Wildman–Crippen LogP) is 2.69. The summed E-state index contributed by atoms with van der Waals surface area (Å²) in [6.45, 7) is 0.408. The summed E-state index contributed by atoms with van der Waals surface area (Å²) in [5, 5.41) is 9.46. The zero-order valence-corrected chi connectivity index (χ0v) is 9.78. The van der Waals surface area contributed by atoms with Crippen molar-refractivity contribution in [3.05, 3.63) is 47.7 Å². The Morgan fingerprint density at radius 1 is 1.11 bits per heavy atom. The Labute approximate surface area is 107 Å². The van der Waals surface area contributed by atoms with Gasteiger partial charge in [-0.05, 0) is 29.8 Å². The van der Waals surface area contributed by atoms with Gasteiger partial charge in [0, 0.05) is 12.2 Å². The molecule has 0 aliphatic rings. The molecular formula is C12H11F3N4. The van der Waals surface area contributed by atoms with Crippen LogP contribution in [-0.4, -0.2) is 10.2 Å². The van der Waals surface area contributed by atoms with Crippen LogP contribution in [0, 0.1) is 0 Å². The molecule has 0 atom stereocenters. The van der Waals surface area contributed by atoms with Crippen LogP contribution in [0.4, 0.5) is 24.7 Å². The van der Waals surface area contributed by atoms with Crippen LogP contribution in [0.25, 0.3) is 0 Å². The molecule has 7 heteroatoms. The van der Waals surface area contributed by atoms with Gasteiger partial charge in [0.1, 0.15) is 5.82 Å². The summed E-state index contributed by atoms with van der Waals surface area (Å²) >= 11 is 0. The van der Waals surface area contributed by atoms with Gasteiger partial charge in [-0.25, -0.2) is 0 Å². The molecule has 1 aromatic carbocycles. The van der Waals surface area contributed by atoms with E-state index in [1.54, 1.807) is 18.2 Å². The first-order valence-corrected chi connectivity index (χ1v) is 5.44. The Morgan fingerprint density at radius 2 is 1.89 bits per heavy atom. The summed E-state index contributed by atoms with van der Waals surface area (Å²) in [5.74, 6) is 0.274. The number of nitrogens with zero attached hydrogens (tertiary/aromatic N) is 2. The predicted molar refractivity (Wildman–Crippen MR) is 65.2 cm³/mol. The fraction of sp³-hybridized carbons (Fsp3) is 0.167. The highest BCUT2D eigenvalue weighted by Gasteiger charge is 2.32. The summed E-state index contributed by atoms with van der Waals surface area (Å²) in [4.78, 5) is 0. The maximum absolute atomic E-state index is 12.3. The number of aromatic nitrogens is 2. The topological polar surface area (TPSA) is 63.8 Å². The Balaban J connectivity index is 2.01. The lowest BCUT2D eigenvalue weighted by molar-refractivity contribution is -0.141. The first-order valence-electron chi connectivity index (χ1n) is 5.44. The molecular weight excluding hydrogens is 257 g/mol. The lowest BCUT2D eigenvalue weighted by atomic mass is 10.2. The van der Waals surface area contributed by atoms with Crippen LogP contribution >= 0.6 is 0 Å². The van der Waals surface area contributed by atoms with Gasteiger partial charge in [-0.2, -0.15) is 13.2 Å². The molecule has 0 unspecified atom stereocenters. The van der Waals surface area contributed by atoms with Crippen LogP contribution in [0.15, 0.2) is 36.4 Å². The molecule has 0 aliphatic carbocycles. The summed E-state index contributed by atoms with van der Waals surface area (Å²) in [5.41, 5.74) is 6.13. The second-order valence-electron chi connectivity index (χ2n) is 3.90. The zero-order valence-electron chi connectivity index (χ0n) is 9.78. The molecule has 0 saturated carbocycles. The molecule has 0 aliphatic heterocycles. The first kappa shape index (κ1) is 13.1. The highest BCUT2D eigenvalue weighted by Crippen LogP contribution is 2.27. The van der Waals surface area contributed by atoms with E-state index in [-0.39, 0.29) is 5.82 Å². The third kappa shape index (κ3) is 3.57. The number of hydrogen-bond donors (Lipinski definition) is 2. The molecule has 0 bridgehead atoms. The second kappa shape index (κ2) is 5.13. The van der Waals surface area contributed by atoms with Gasteiger partial charge in [-0.1, -0.05) is 12.1 Å². The zero-order chi connectivity index (χ0) is 13.9. The van der Waals surface area contributed by atoms with Crippen molar-refractivity contribution in [3.8, 4) is 0 Å². The number of halogens is 3. The van der Waals surface area contributed by atoms with E-state index in [4.69, 9.17) is 5.73 Å². The van der Waals surface area contributed by atoms with Crippen LogP contribution in [-0.2, 0) is 12.7 Å². The van der Waals surface area contributed by atoms with Gasteiger partial charge in [-0.15, -0.1) is 10.2 Å². The van der Waals surface area contributed by atoms with E-state index in [9.17, 15) is 13.2 Å². The minimum atomic E-state index is -4.47. The molecule has 2 aromatic rings. The highest BCUT2D eigenvalue weighted by molar-refractivity contribution is 5.42. The molecule has 4 nitrogen and oxygen atoms in total. The van der Waals surface area contributed by atoms with Crippen molar-refractivity contribution in [1.82, 2.24) is 10.2 Å². The van der Waals surface area contributed by atoms with Gasteiger partial charge in [0.2, 0.25) is 0 Å². The lowest BCUT2D eigenvalue weighted by Crippen LogP contribution is -2.10. The number of nitrogen functional groups attached to an aromatic ring is 1. The van der Waals surface area contributed by atoms with Crippen LogP contribution in [0.2, 0.25) is 0 Å². The van der Waals surface area contributed by atoms with Crippen molar-refractivity contribution < 1.29 is 13.2 Å². The summed E-state index contributed by atoms with van der Waals surface area (Å²) in [7, 11) is 0. The van der Waals surface area contributed by atoms with Gasteiger partial charge >= 0.3 is 6.18 Å². The molecule has 0 saturated heterocycles. The fourth-order valence-corrected chi connectivity index (χ4v) is 1.47. The Hall–Kier alpha value is -2.31. The first-order chi connectivity index (χ1) is 8.95. The standard InChI is InChI=1S/C12H11F3N4/c13-12(14,15)10-4-5-11(19-18-10)17-7-8-2-1-3-9(16)6-8/h1-6H,7,16H2,(H,17,19). The van der Waals surface area contributed by atoms with Crippen LogP contribution in [0.5, 0.6) is 0 Å². The minimum absolute atomic E-state index is 0.274. The van der Waals surface area contributed by atoms with Crippen molar-refractivity contribution in [2.75, 3.05) is 11.1 Å². The fourth-order valence-electron chi connectivity index (χ4n) is 1.47. The molecule has 0 radical (unpaired) electrons. The number of nitrogens with one attached hydrogen (secondary N) is 1. The van der Waals surface area contributed by atoms with E-state index < -0.39 is 11.9 Å². The highest BCUT2D eigenvalue weighted by atomic mass is 19.4. The second-order valence-corrected chi connectivity index (χ2v) is 3.90. The third-order valence-corrected chi connectivity index (χ3v) is 2.38. The number of rotatable bonds is 3. The maximum atomic E-state index is 12.3. The summed E-state index contributed by atoms with van der Waals surface area (Å²) in [6, 6.07) is 9.29. The molecule has 0 amide bonds. The molecule has 0 spiro atoms. The minimum Gasteiger partial charge on any atom is -0.399 e. The quantitative estimate of drug-likeness (QED) is 0.840. The number of benzene rings is 1. The molecule has 100 valence electrons. The van der Waals surface area contributed by atoms with Gasteiger partial charge in [0.15, 0.2) is 5.69 Å². The van der Waals surface area contributed by atoms with Gasteiger partial charge in [0.25, 0.3) is 0 Å². The molecule has 2 rings (SSSR count). The molecule has 1 heterocycles. The average molecular weight is 268 g/mol. The van der Waals surface area contributed by atoms with Crippen molar-refractivity contribution in [2.24, 2.45) is 0 Å². The van der Waals surface area contributed by atoms with E-state index in [0.717, 1.165) is 11.6 Å². The van der Waals surface area contributed by atoms with Crippen molar-refractivity contribution >= 4 is 11.5 Å². The van der Waals surface area contributed by atoms with Gasteiger partial charge in [-0.3, -0.25) is 0 Å². The monoisotopic (exact) mass is 268 g/mol. The summed E-state index contributed by atoms with van der Waals surface area (Å²) in [6.07, 6.45) is -4.47. The van der Waals surface area contributed by atoms with Gasteiger partial charge in [0.05, 0.1) is 0 Å². The Bertz CT molecular complexity index is 552. The third-order valence-electron chi connectivity index (χ3n) is 2.38. The van der Waals surface area contributed by atoms with Crippen molar-refractivity contribution in [2.45, 2.75) is 12.7 Å². The summed E-state index contributed by atoms with van der Waals surface area (Å²) < 4.78 is 36.8. The molecule has 19 heavy (non-hydrogen) atoms. The normalized spacial score (nSPS) is 11.3. The van der Waals surface area contributed by atoms with Crippen LogP contribution in [0.1, 0.15) is 11.3 Å². The number of anilines is 2. The van der Waals surface area contributed by atoms with E-state index in [0.29, 0.717) is 12.2 Å².